The molecule has 1 heterocycles. The SMILES string of the molecule is CCCCCOC(=O)Nc1ccc(N2CCN(C)CC2)cc1C(=O)O. The van der Waals surface area contributed by atoms with Gasteiger partial charge in [-0.1, -0.05) is 19.8 Å². The molecule has 1 aliphatic heterocycles. The molecule has 1 fully saturated rings. The molecule has 7 heteroatoms. The first-order valence-electron chi connectivity index (χ1n) is 8.76. The summed E-state index contributed by atoms with van der Waals surface area (Å²) in [6.07, 6.45) is 2.22. The monoisotopic (exact) mass is 349 g/mol. The molecule has 0 bridgehead atoms. The van der Waals surface area contributed by atoms with Crippen LogP contribution in [-0.2, 0) is 4.74 Å². The molecule has 0 unspecified atom stereocenters. The Labute approximate surface area is 148 Å². The van der Waals surface area contributed by atoms with Crippen LogP contribution in [0, 0.1) is 0 Å². The largest absolute Gasteiger partial charge is 0.478 e. The maximum absolute atomic E-state index is 11.8. The van der Waals surface area contributed by atoms with Gasteiger partial charge in [0.1, 0.15) is 0 Å². The average Bonchev–Trinajstić information content (AvgIpc) is 2.59. The first kappa shape index (κ1) is 19.1. The molecule has 0 radical (unpaired) electrons. The number of hydrogen-bond donors (Lipinski definition) is 2. The Morgan fingerprint density at radius 2 is 1.92 bits per heavy atom. The number of carboxylic acids is 1. The first-order valence-corrected chi connectivity index (χ1v) is 8.76. The Bertz CT molecular complexity index is 598. The number of nitrogens with zero attached hydrogens (tertiary/aromatic N) is 2. The molecule has 2 rings (SSSR count). The van der Waals surface area contributed by atoms with Crippen molar-refractivity contribution in [3.63, 3.8) is 0 Å². The summed E-state index contributed by atoms with van der Waals surface area (Å²) in [7, 11) is 2.07. The smallest absolute Gasteiger partial charge is 0.411 e. The Hall–Kier alpha value is -2.28. The first-order chi connectivity index (χ1) is 12.0. The average molecular weight is 349 g/mol. The Morgan fingerprint density at radius 3 is 2.56 bits per heavy atom. The van der Waals surface area contributed by atoms with E-state index in [4.69, 9.17) is 4.74 Å². The third-order valence-corrected chi connectivity index (χ3v) is 4.32. The zero-order valence-electron chi connectivity index (χ0n) is 15.0. The van der Waals surface area contributed by atoms with Crippen molar-refractivity contribution in [1.29, 1.82) is 0 Å². The van der Waals surface area contributed by atoms with E-state index >= 15 is 0 Å². The number of ether oxygens (including phenoxy) is 1. The summed E-state index contributed by atoms with van der Waals surface area (Å²) in [5.74, 6) is -1.07. The number of hydrogen-bond acceptors (Lipinski definition) is 5. The van der Waals surface area contributed by atoms with E-state index in [1.54, 1.807) is 12.1 Å². The number of unbranched alkanes of at least 4 members (excludes halogenated alkanes) is 2. The summed E-state index contributed by atoms with van der Waals surface area (Å²) in [5.41, 5.74) is 1.18. The summed E-state index contributed by atoms with van der Waals surface area (Å²) in [4.78, 5) is 27.8. The van der Waals surface area contributed by atoms with Crippen LogP contribution < -0.4 is 10.2 Å². The number of piperazine rings is 1. The second-order valence-electron chi connectivity index (χ2n) is 6.29. The molecule has 0 aromatic heterocycles. The zero-order valence-corrected chi connectivity index (χ0v) is 15.0. The van der Waals surface area contributed by atoms with Gasteiger partial charge in [0.15, 0.2) is 0 Å². The van der Waals surface area contributed by atoms with E-state index in [9.17, 15) is 14.7 Å². The Kier molecular flexibility index (Phi) is 7.06. The number of amides is 1. The molecule has 1 aromatic rings. The quantitative estimate of drug-likeness (QED) is 0.737. The minimum atomic E-state index is -1.07. The van der Waals surface area contributed by atoms with Gasteiger partial charge in [-0.3, -0.25) is 5.32 Å². The van der Waals surface area contributed by atoms with E-state index in [2.05, 4.69) is 29.1 Å². The van der Waals surface area contributed by atoms with Crippen molar-refractivity contribution in [2.75, 3.05) is 50.1 Å². The number of carboxylic acid groups (broad SMARTS) is 1. The lowest BCUT2D eigenvalue weighted by molar-refractivity contribution is 0.0698. The number of aromatic carboxylic acids is 1. The number of benzene rings is 1. The summed E-state index contributed by atoms with van der Waals surface area (Å²) in [6.45, 7) is 5.98. The maximum atomic E-state index is 11.8. The predicted molar refractivity (Wildman–Crippen MR) is 97.6 cm³/mol. The van der Waals surface area contributed by atoms with Gasteiger partial charge in [-0.15, -0.1) is 0 Å². The molecule has 1 aliphatic rings. The summed E-state index contributed by atoms with van der Waals surface area (Å²) in [5, 5.41) is 12.0. The van der Waals surface area contributed by atoms with Crippen LogP contribution in [0.3, 0.4) is 0 Å². The highest BCUT2D eigenvalue weighted by molar-refractivity contribution is 5.99. The van der Waals surface area contributed by atoms with Gasteiger partial charge in [0.25, 0.3) is 0 Å². The second kappa shape index (κ2) is 9.27. The third-order valence-electron chi connectivity index (χ3n) is 4.32. The number of carbonyl (C=O) groups is 2. The normalized spacial score (nSPS) is 15.0. The van der Waals surface area contributed by atoms with Gasteiger partial charge in [0.05, 0.1) is 17.9 Å². The van der Waals surface area contributed by atoms with Crippen LogP contribution >= 0.6 is 0 Å². The number of carbonyl (C=O) groups excluding carboxylic acids is 1. The van der Waals surface area contributed by atoms with Gasteiger partial charge in [-0.2, -0.15) is 0 Å². The Balaban J connectivity index is 2.03. The lowest BCUT2D eigenvalue weighted by Crippen LogP contribution is -2.44. The highest BCUT2D eigenvalue weighted by Crippen LogP contribution is 2.24. The zero-order chi connectivity index (χ0) is 18.2. The molecule has 0 aliphatic carbocycles. The number of nitrogens with one attached hydrogen (secondary N) is 1. The van der Waals surface area contributed by atoms with Gasteiger partial charge < -0.3 is 19.6 Å². The van der Waals surface area contributed by atoms with Crippen molar-refractivity contribution >= 4 is 23.4 Å². The minimum Gasteiger partial charge on any atom is -0.478 e. The van der Waals surface area contributed by atoms with Gasteiger partial charge in [0, 0.05) is 31.9 Å². The predicted octanol–water partition coefficient (Wildman–Crippen LogP) is 2.88. The maximum Gasteiger partial charge on any atom is 0.411 e. The van der Waals surface area contributed by atoms with Gasteiger partial charge >= 0.3 is 12.1 Å². The molecule has 0 atom stereocenters. The highest BCUT2D eigenvalue weighted by Gasteiger charge is 2.19. The molecule has 0 spiro atoms. The minimum absolute atomic E-state index is 0.0712. The van der Waals surface area contributed by atoms with E-state index in [1.165, 1.54) is 0 Å². The van der Waals surface area contributed by atoms with E-state index < -0.39 is 12.1 Å². The van der Waals surface area contributed by atoms with Crippen molar-refractivity contribution in [1.82, 2.24) is 4.90 Å². The van der Waals surface area contributed by atoms with Gasteiger partial charge in [-0.25, -0.2) is 9.59 Å². The molecule has 138 valence electrons. The number of likely N-dealkylation sites (N-methyl/N-ethyl adjacent to an activating group) is 1. The van der Waals surface area contributed by atoms with Crippen LogP contribution in [0.15, 0.2) is 18.2 Å². The van der Waals surface area contributed by atoms with Crippen LogP contribution in [-0.4, -0.2) is 61.9 Å². The van der Waals surface area contributed by atoms with Gasteiger partial charge in [0.2, 0.25) is 0 Å². The lowest BCUT2D eigenvalue weighted by atomic mass is 10.1. The molecular formula is C18H27N3O4. The topological polar surface area (TPSA) is 82.1 Å². The second-order valence-corrected chi connectivity index (χ2v) is 6.29. The molecule has 0 saturated carbocycles. The van der Waals surface area contributed by atoms with E-state index in [0.29, 0.717) is 6.61 Å². The fraction of sp³-hybridized carbons (Fsp3) is 0.556. The fourth-order valence-corrected chi connectivity index (χ4v) is 2.74. The third kappa shape index (κ3) is 5.63. The van der Waals surface area contributed by atoms with E-state index in [-0.39, 0.29) is 11.3 Å². The van der Waals surface area contributed by atoms with Crippen LogP contribution in [0.25, 0.3) is 0 Å². The molecule has 2 N–H and O–H groups in total. The van der Waals surface area contributed by atoms with Crippen LogP contribution in [0.1, 0.15) is 36.5 Å². The lowest BCUT2D eigenvalue weighted by Gasteiger charge is -2.34. The van der Waals surface area contributed by atoms with Crippen molar-refractivity contribution in [2.45, 2.75) is 26.2 Å². The van der Waals surface area contributed by atoms with Crippen LogP contribution in [0.2, 0.25) is 0 Å². The van der Waals surface area contributed by atoms with E-state index in [0.717, 1.165) is 51.1 Å². The van der Waals surface area contributed by atoms with Crippen LogP contribution in [0.5, 0.6) is 0 Å². The molecule has 1 aromatic carbocycles. The summed E-state index contributed by atoms with van der Waals surface area (Å²) in [6, 6.07) is 5.08. The molecule has 7 nitrogen and oxygen atoms in total. The van der Waals surface area contributed by atoms with E-state index in [1.807, 2.05) is 6.07 Å². The number of rotatable bonds is 7. The van der Waals surface area contributed by atoms with Crippen molar-refractivity contribution in [3.05, 3.63) is 23.8 Å². The van der Waals surface area contributed by atoms with Crippen LogP contribution in [0.4, 0.5) is 16.2 Å². The Morgan fingerprint density at radius 1 is 1.20 bits per heavy atom. The number of anilines is 2. The van der Waals surface area contributed by atoms with Crippen molar-refractivity contribution in [3.8, 4) is 0 Å². The van der Waals surface area contributed by atoms with Crippen molar-refractivity contribution < 1.29 is 19.4 Å². The molecule has 1 saturated heterocycles. The molecule has 1 amide bonds. The highest BCUT2D eigenvalue weighted by atomic mass is 16.5. The van der Waals surface area contributed by atoms with Gasteiger partial charge in [-0.05, 0) is 31.7 Å². The standard InChI is InChI=1S/C18H27N3O4/c1-3-4-5-12-25-18(24)19-16-7-6-14(13-15(16)17(22)23)21-10-8-20(2)9-11-21/h6-7,13H,3-5,8-12H2,1-2H3,(H,19,24)(H,22,23). The molecule has 25 heavy (non-hydrogen) atoms. The van der Waals surface area contributed by atoms with Crippen molar-refractivity contribution in [2.24, 2.45) is 0 Å². The molecular weight excluding hydrogens is 322 g/mol. The summed E-state index contributed by atoms with van der Waals surface area (Å²) < 4.78 is 5.08. The fourth-order valence-electron chi connectivity index (χ4n) is 2.74. The summed E-state index contributed by atoms with van der Waals surface area (Å²) >= 11 is 0.